The molecule has 1 N–H and O–H groups in total. The molecule has 2 unspecified atom stereocenters. The van der Waals surface area contributed by atoms with E-state index in [2.05, 4.69) is 11.7 Å². The Morgan fingerprint density at radius 1 is 0.903 bits per heavy atom. The number of carbonyl (C=O) groups is 2. The molecule has 0 bridgehead atoms. The summed E-state index contributed by atoms with van der Waals surface area (Å²) in [5, 5.41) is 15.1. The highest BCUT2D eigenvalue weighted by molar-refractivity contribution is 6.11. The van der Waals surface area contributed by atoms with E-state index in [1.807, 2.05) is 64.1 Å². The fraction of sp³-hybridized carbons (Fsp3) is 0.370. The van der Waals surface area contributed by atoms with E-state index in [4.69, 9.17) is 19.2 Å². The topological polar surface area (TPSA) is 122 Å². The van der Waals surface area contributed by atoms with E-state index in [-0.39, 0.29) is 71.9 Å². The fourth-order valence-electron chi connectivity index (χ4n) is 9.02. The van der Waals surface area contributed by atoms with Crippen LogP contribution in [0.25, 0.3) is 22.4 Å². The number of nitrogens with zero attached hydrogens (tertiary/aromatic N) is 6. The summed E-state index contributed by atoms with van der Waals surface area (Å²) >= 11 is 0. The maximum atomic E-state index is 15.0. The van der Waals surface area contributed by atoms with E-state index < -0.39 is 47.5 Å². The largest absolute Gasteiger partial charge is 0.506 e. The Kier molecular flexibility index (Phi) is 15.8. The molecule has 7 rings (SSSR count). The highest BCUT2D eigenvalue weighted by atomic mass is 19.4. The average molecular weight is 1000 g/mol. The highest BCUT2D eigenvalue weighted by Crippen LogP contribution is 2.47. The van der Waals surface area contributed by atoms with Gasteiger partial charge in [-0.3, -0.25) is 19.4 Å². The minimum atomic E-state index is -4.78. The number of alkyl halides is 6. The third-order valence-corrected chi connectivity index (χ3v) is 12.7. The van der Waals surface area contributed by atoms with Gasteiger partial charge in [-0.2, -0.15) is 31.4 Å². The molecule has 12 nitrogen and oxygen atoms in total. The van der Waals surface area contributed by atoms with Crippen LogP contribution >= 0.6 is 0 Å². The summed E-state index contributed by atoms with van der Waals surface area (Å²) in [7, 11) is 2.82. The number of unbranched alkanes of at least 4 members (excludes halogenated alkanes) is 2. The Balaban J connectivity index is 1.05. The first-order valence-corrected chi connectivity index (χ1v) is 23.6. The number of hydrogen-bond acceptors (Lipinski definition) is 8. The van der Waals surface area contributed by atoms with E-state index in [0.717, 1.165) is 33.5 Å². The number of amidine groups is 1. The molecule has 5 aromatic rings. The van der Waals surface area contributed by atoms with Crippen molar-refractivity contribution in [2.75, 3.05) is 39.9 Å². The molecule has 0 spiro atoms. The van der Waals surface area contributed by atoms with Gasteiger partial charge in [-0.15, -0.1) is 0 Å². The second-order valence-electron chi connectivity index (χ2n) is 18.0. The van der Waals surface area contributed by atoms with Crippen LogP contribution in [0.1, 0.15) is 79.6 Å². The Morgan fingerprint density at radius 2 is 1.62 bits per heavy atom. The van der Waals surface area contributed by atoms with Crippen molar-refractivity contribution in [1.29, 1.82) is 0 Å². The van der Waals surface area contributed by atoms with Gasteiger partial charge < -0.3 is 29.1 Å². The van der Waals surface area contributed by atoms with Crippen molar-refractivity contribution >= 4 is 17.8 Å². The molecule has 1 fully saturated rings. The lowest BCUT2D eigenvalue weighted by atomic mass is 9.93. The zero-order valence-electron chi connectivity index (χ0n) is 41.2. The molecule has 1 aromatic heterocycles. The molecule has 18 heteroatoms. The number of ether oxygens (including phenoxy) is 3. The lowest BCUT2D eigenvalue weighted by Crippen LogP contribution is -2.57. The van der Waals surface area contributed by atoms with Gasteiger partial charge in [0, 0.05) is 38.3 Å². The lowest BCUT2D eigenvalue weighted by molar-refractivity contribution is -0.141. The predicted molar refractivity (Wildman–Crippen MR) is 262 cm³/mol. The maximum absolute atomic E-state index is 15.0. The highest BCUT2D eigenvalue weighted by Gasteiger charge is 2.46. The van der Waals surface area contributed by atoms with Crippen LogP contribution in [-0.4, -0.2) is 99.4 Å². The van der Waals surface area contributed by atoms with E-state index >= 15 is 4.79 Å². The number of aryl methyl sites for hydroxylation is 3. The number of benzene rings is 4. The maximum Gasteiger partial charge on any atom is 0.435 e. The standard InChI is InChI=1S/C54H58F6N6O6/c1-9-35(10-2)49-48(36-17-14-33(5)15-18-36)61-51(40-21-20-38(70-8)29-44(40)72-32(3)4)66(49)52(69)65-26-25-64(46(67)31-65)24-12-11-13-27-71-43-23-22-39(42-30-45(54(58,59)60)62-63(42)7)50(68)47(43)37-19-16-34(6)41(28-37)53(55,56)57/h9-10,14-23,28-30,32,48-49,68H,1,11-13,24-27,31H2,2-8H3/b35-10+. The van der Waals surface area contributed by atoms with Crippen LogP contribution in [0.15, 0.2) is 108 Å². The minimum Gasteiger partial charge on any atom is -0.506 e. The number of methoxy groups -OCH3 is 1. The van der Waals surface area contributed by atoms with E-state index in [0.29, 0.717) is 48.7 Å². The normalized spacial score (nSPS) is 16.6. The Labute approximate surface area is 414 Å². The molecule has 0 saturated carbocycles. The molecular weight excluding hydrogens is 943 g/mol. The summed E-state index contributed by atoms with van der Waals surface area (Å²) in [4.78, 5) is 39.0. The molecule has 72 heavy (non-hydrogen) atoms. The second-order valence-corrected chi connectivity index (χ2v) is 18.0. The minimum absolute atomic E-state index is 0.0198. The van der Waals surface area contributed by atoms with E-state index in [9.17, 15) is 36.2 Å². The number of rotatable bonds is 16. The van der Waals surface area contributed by atoms with Gasteiger partial charge in [0.05, 0.1) is 48.2 Å². The van der Waals surface area contributed by atoms with Crippen molar-refractivity contribution in [3.63, 3.8) is 0 Å². The number of urea groups is 1. The molecule has 382 valence electrons. The Hall–Kier alpha value is -7.24. The fourth-order valence-corrected chi connectivity index (χ4v) is 9.02. The number of aliphatic imine (C=N–C) groups is 1. The zero-order valence-corrected chi connectivity index (χ0v) is 41.2. The van der Waals surface area contributed by atoms with Gasteiger partial charge in [-0.1, -0.05) is 60.7 Å². The molecular formula is C54H58F6N6O6. The third-order valence-electron chi connectivity index (χ3n) is 12.7. The first-order valence-electron chi connectivity index (χ1n) is 23.6. The summed E-state index contributed by atoms with van der Waals surface area (Å²) in [5.41, 5.74) is 0.696. The molecule has 2 atom stereocenters. The van der Waals surface area contributed by atoms with Crippen LogP contribution in [-0.2, 0) is 24.2 Å². The summed E-state index contributed by atoms with van der Waals surface area (Å²) in [6.07, 6.45) is -4.54. The first kappa shape index (κ1) is 52.6. The number of aromatic nitrogens is 2. The monoisotopic (exact) mass is 1000 g/mol. The van der Waals surface area contributed by atoms with E-state index in [1.54, 1.807) is 35.1 Å². The van der Waals surface area contributed by atoms with Crippen LogP contribution in [0, 0.1) is 13.8 Å². The van der Waals surface area contributed by atoms with Crippen LogP contribution in [0.3, 0.4) is 0 Å². The summed E-state index contributed by atoms with van der Waals surface area (Å²) in [5.74, 6) is 0.611. The van der Waals surface area contributed by atoms with E-state index in [1.165, 1.54) is 43.1 Å². The van der Waals surface area contributed by atoms with Gasteiger partial charge in [0.1, 0.15) is 41.4 Å². The second kappa shape index (κ2) is 21.6. The molecule has 3 amide bonds. The number of phenols is 1. The number of phenolic OH excluding ortho intramolecular Hbond substituents is 1. The molecule has 0 aliphatic carbocycles. The Bertz CT molecular complexity index is 2870. The van der Waals surface area contributed by atoms with Crippen molar-refractivity contribution in [3.8, 4) is 45.4 Å². The van der Waals surface area contributed by atoms with Crippen LogP contribution < -0.4 is 14.2 Å². The van der Waals surface area contributed by atoms with Crippen molar-refractivity contribution in [1.82, 2.24) is 24.5 Å². The van der Waals surface area contributed by atoms with Crippen molar-refractivity contribution in [2.24, 2.45) is 12.0 Å². The smallest absolute Gasteiger partial charge is 0.435 e. The van der Waals surface area contributed by atoms with Gasteiger partial charge in [0.2, 0.25) is 5.91 Å². The number of piperazine rings is 1. The Morgan fingerprint density at radius 3 is 2.25 bits per heavy atom. The van der Waals surface area contributed by atoms with Crippen LogP contribution in [0.5, 0.6) is 23.0 Å². The molecule has 3 heterocycles. The first-order chi connectivity index (χ1) is 34.1. The van der Waals surface area contributed by atoms with Gasteiger partial charge >= 0.3 is 18.4 Å². The summed E-state index contributed by atoms with van der Waals surface area (Å²) < 4.78 is 102. The van der Waals surface area contributed by atoms with Crippen LogP contribution in [0.4, 0.5) is 31.1 Å². The SMILES string of the molecule is C=C/C(=C\C)C1C(c2ccc(C)cc2)N=C(c2ccc(OC)cc2OC(C)C)N1C(=O)N1CCN(CCCCCOc2ccc(-c3cc(C(F)(F)F)nn3C)c(O)c2-c2ccc(C)c(C(F)(F)F)c2)C(=O)C1. The molecule has 1 saturated heterocycles. The molecule has 0 radical (unpaired) electrons. The number of halogens is 6. The average Bonchev–Trinajstić information content (AvgIpc) is 3.92. The van der Waals surface area contributed by atoms with Gasteiger partial charge in [-0.05, 0) is 113 Å². The predicted octanol–water partition coefficient (Wildman–Crippen LogP) is 11.7. The number of amides is 3. The van der Waals surface area contributed by atoms with Crippen LogP contribution in [0.2, 0.25) is 0 Å². The number of carbonyl (C=O) groups excluding carboxylic acids is 2. The lowest BCUT2D eigenvalue weighted by Gasteiger charge is -2.39. The van der Waals surface area contributed by atoms with Crippen molar-refractivity contribution < 1.29 is 55.2 Å². The third kappa shape index (κ3) is 11.3. The summed E-state index contributed by atoms with van der Waals surface area (Å²) in [6.45, 7) is 13.8. The zero-order chi connectivity index (χ0) is 52.2. The molecule has 4 aromatic carbocycles. The number of allylic oxidation sites excluding steroid dienone is 1. The molecule has 2 aliphatic rings. The number of hydrogen-bond donors (Lipinski definition) is 1. The van der Waals surface area contributed by atoms with Gasteiger partial charge in [-0.25, -0.2) is 4.79 Å². The van der Waals surface area contributed by atoms with Crippen molar-refractivity contribution in [3.05, 3.63) is 137 Å². The number of aromatic hydroxyl groups is 1. The molecule has 2 aliphatic heterocycles. The van der Waals surface area contributed by atoms with Gasteiger partial charge in [0.25, 0.3) is 0 Å². The van der Waals surface area contributed by atoms with Crippen molar-refractivity contribution in [2.45, 2.75) is 84.4 Å². The quantitative estimate of drug-likeness (QED) is 0.0593. The van der Waals surface area contributed by atoms with Gasteiger partial charge in [0.15, 0.2) is 5.69 Å². The summed E-state index contributed by atoms with van der Waals surface area (Å²) in [6, 6.07) is 18.8.